The molecular weight excluding hydrogens is 388 g/mol. The van der Waals surface area contributed by atoms with Gasteiger partial charge in [0, 0.05) is 35.5 Å². The first-order valence-corrected chi connectivity index (χ1v) is 10.5. The molecule has 0 saturated carbocycles. The average molecular weight is 415 g/mol. The van der Waals surface area contributed by atoms with E-state index in [2.05, 4.69) is 32.9 Å². The normalized spacial score (nSPS) is 11.2. The average Bonchev–Trinajstić information content (AvgIpc) is 2.78. The zero-order valence-corrected chi connectivity index (χ0v) is 18.1. The Morgan fingerprint density at radius 1 is 1.03 bits per heavy atom. The van der Waals surface area contributed by atoms with Gasteiger partial charge in [0.05, 0.1) is 17.6 Å². The topological polar surface area (TPSA) is 99.6 Å². The third-order valence-corrected chi connectivity index (χ3v) is 5.36. The van der Waals surface area contributed by atoms with Crippen molar-refractivity contribution >= 4 is 11.0 Å². The third-order valence-electron chi connectivity index (χ3n) is 5.36. The fourth-order valence-corrected chi connectivity index (χ4v) is 3.80. The van der Waals surface area contributed by atoms with Crippen LogP contribution in [0.2, 0.25) is 0 Å². The molecule has 0 unspecified atom stereocenters. The highest BCUT2D eigenvalue weighted by atomic mass is 16.1. The van der Waals surface area contributed by atoms with Crippen molar-refractivity contribution in [2.45, 2.75) is 40.2 Å². The number of aryl methyl sites for hydroxylation is 4. The third kappa shape index (κ3) is 4.09. The minimum absolute atomic E-state index is 0.0585. The first kappa shape index (κ1) is 20.8. The number of rotatable bonds is 6. The molecule has 0 aliphatic rings. The first-order valence-electron chi connectivity index (χ1n) is 10.5. The van der Waals surface area contributed by atoms with Crippen LogP contribution in [-0.4, -0.2) is 31.0 Å². The van der Waals surface area contributed by atoms with Crippen LogP contribution in [0.3, 0.4) is 0 Å². The summed E-state index contributed by atoms with van der Waals surface area (Å²) in [4.78, 5) is 31.2. The largest absolute Gasteiger partial charge is 0.330 e. The first-order chi connectivity index (χ1) is 15.0. The SMILES string of the molecule is CCc1cc(-c2cncc(C)n2)ccc1-c1cc2cnc(C)nc2n(CCCN)c1=O. The molecule has 4 aromatic rings. The predicted octanol–water partition coefficient (Wildman–Crippen LogP) is 3.44. The van der Waals surface area contributed by atoms with Crippen LogP contribution in [0.1, 0.15) is 30.4 Å². The van der Waals surface area contributed by atoms with Gasteiger partial charge in [-0.05, 0) is 56.5 Å². The van der Waals surface area contributed by atoms with Crippen LogP contribution >= 0.6 is 0 Å². The number of pyridine rings is 1. The van der Waals surface area contributed by atoms with Gasteiger partial charge in [0.25, 0.3) is 5.56 Å². The Labute approximate surface area is 181 Å². The van der Waals surface area contributed by atoms with Crippen molar-refractivity contribution in [1.29, 1.82) is 0 Å². The van der Waals surface area contributed by atoms with Crippen LogP contribution in [0.5, 0.6) is 0 Å². The van der Waals surface area contributed by atoms with Gasteiger partial charge in [-0.15, -0.1) is 0 Å². The number of benzene rings is 1. The van der Waals surface area contributed by atoms with Gasteiger partial charge in [0.2, 0.25) is 0 Å². The summed E-state index contributed by atoms with van der Waals surface area (Å²) in [6.07, 6.45) is 6.76. The molecule has 0 fully saturated rings. The van der Waals surface area contributed by atoms with Gasteiger partial charge in [-0.3, -0.25) is 14.3 Å². The summed E-state index contributed by atoms with van der Waals surface area (Å²) in [5, 5.41) is 0.841. The van der Waals surface area contributed by atoms with Crippen molar-refractivity contribution in [2.24, 2.45) is 5.73 Å². The van der Waals surface area contributed by atoms with Crippen LogP contribution in [0.25, 0.3) is 33.4 Å². The van der Waals surface area contributed by atoms with Crippen molar-refractivity contribution in [3.05, 3.63) is 70.3 Å². The van der Waals surface area contributed by atoms with Crippen LogP contribution in [0.4, 0.5) is 0 Å². The standard InChI is InChI=1S/C24H26N6O/c1-4-17-10-18(22-14-26-12-15(2)28-22)6-7-20(17)21-11-19-13-27-16(3)29-23(19)30(24(21)31)9-5-8-25/h6-7,10-14H,4-5,8-9,25H2,1-3H3. The van der Waals surface area contributed by atoms with Crippen molar-refractivity contribution in [2.75, 3.05) is 6.54 Å². The van der Waals surface area contributed by atoms with E-state index in [4.69, 9.17) is 5.73 Å². The lowest BCUT2D eigenvalue weighted by Crippen LogP contribution is -2.24. The summed E-state index contributed by atoms with van der Waals surface area (Å²) in [5.74, 6) is 0.638. The maximum Gasteiger partial charge on any atom is 0.260 e. The Hall–Kier alpha value is -3.45. The maximum atomic E-state index is 13.5. The molecule has 3 heterocycles. The second kappa shape index (κ2) is 8.73. The van der Waals surface area contributed by atoms with Gasteiger partial charge >= 0.3 is 0 Å². The second-order valence-electron chi connectivity index (χ2n) is 7.62. The summed E-state index contributed by atoms with van der Waals surface area (Å²) < 4.78 is 1.73. The zero-order chi connectivity index (χ0) is 22.0. The Bertz CT molecular complexity index is 1310. The number of nitrogens with two attached hydrogens (primary N) is 1. The van der Waals surface area contributed by atoms with Gasteiger partial charge in [-0.2, -0.15) is 0 Å². The molecule has 0 atom stereocenters. The van der Waals surface area contributed by atoms with Crippen LogP contribution in [0, 0.1) is 13.8 Å². The Morgan fingerprint density at radius 2 is 1.87 bits per heavy atom. The van der Waals surface area contributed by atoms with Crippen LogP contribution in [-0.2, 0) is 13.0 Å². The summed E-state index contributed by atoms with van der Waals surface area (Å²) >= 11 is 0. The van der Waals surface area contributed by atoms with Crippen LogP contribution < -0.4 is 11.3 Å². The van der Waals surface area contributed by atoms with E-state index in [-0.39, 0.29) is 5.56 Å². The lowest BCUT2D eigenvalue weighted by molar-refractivity contribution is 0.645. The molecule has 158 valence electrons. The maximum absolute atomic E-state index is 13.5. The molecule has 4 rings (SSSR count). The molecule has 0 radical (unpaired) electrons. The summed E-state index contributed by atoms with van der Waals surface area (Å²) in [5.41, 5.74) is 11.6. The fraction of sp³-hybridized carbons (Fsp3) is 0.292. The minimum atomic E-state index is -0.0585. The lowest BCUT2D eigenvalue weighted by Gasteiger charge is -2.15. The summed E-state index contributed by atoms with van der Waals surface area (Å²) in [6, 6.07) is 8.00. The minimum Gasteiger partial charge on any atom is -0.330 e. The van der Waals surface area contributed by atoms with Gasteiger partial charge < -0.3 is 5.73 Å². The molecule has 0 bridgehead atoms. The van der Waals surface area contributed by atoms with E-state index in [0.717, 1.165) is 39.9 Å². The van der Waals surface area contributed by atoms with E-state index in [1.54, 1.807) is 23.2 Å². The number of nitrogens with zero attached hydrogens (tertiary/aromatic N) is 5. The molecule has 0 saturated heterocycles. The monoisotopic (exact) mass is 414 g/mol. The Balaban J connectivity index is 1.91. The van der Waals surface area contributed by atoms with Gasteiger partial charge in [-0.25, -0.2) is 15.0 Å². The van der Waals surface area contributed by atoms with Crippen molar-refractivity contribution in [3.63, 3.8) is 0 Å². The molecular formula is C24H26N6O. The highest BCUT2D eigenvalue weighted by Gasteiger charge is 2.16. The molecule has 1 aromatic carbocycles. The molecule has 0 amide bonds. The quantitative estimate of drug-likeness (QED) is 0.519. The van der Waals surface area contributed by atoms with E-state index in [9.17, 15) is 4.79 Å². The molecule has 2 N–H and O–H groups in total. The molecule has 7 nitrogen and oxygen atoms in total. The van der Waals surface area contributed by atoms with Gasteiger partial charge in [0.1, 0.15) is 11.5 Å². The van der Waals surface area contributed by atoms with Crippen molar-refractivity contribution < 1.29 is 0 Å². The van der Waals surface area contributed by atoms with Gasteiger partial charge in [-0.1, -0.05) is 19.1 Å². The second-order valence-corrected chi connectivity index (χ2v) is 7.62. The molecule has 0 aliphatic carbocycles. The highest BCUT2D eigenvalue weighted by Crippen LogP contribution is 2.28. The Kier molecular flexibility index (Phi) is 5.86. The Morgan fingerprint density at radius 3 is 2.61 bits per heavy atom. The fourth-order valence-electron chi connectivity index (χ4n) is 3.80. The summed E-state index contributed by atoms with van der Waals surface area (Å²) in [6.45, 7) is 6.87. The summed E-state index contributed by atoms with van der Waals surface area (Å²) in [7, 11) is 0. The van der Waals surface area contributed by atoms with E-state index in [1.165, 1.54) is 0 Å². The molecule has 3 aromatic heterocycles. The zero-order valence-electron chi connectivity index (χ0n) is 18.1. The van der Waals surface area contributed by atoms with Crippen LogP contribution in [0.15, 0.2) is 47.7 Å². The lowest BCUT2D eigenvalue weighted by atomic mass is 9.95. The number of hydrogen-bond donors (Lipinski definition) is 1. The molecule has 0 aliphatic heterocycles. The predicted molar refractivity (Wildman–Crippen MR) is 123 cm³/mol. The van der Waals surface area contributed by atoms with Crippen molar-refractivity contribution in [1.82, 2.24) is 24.5 Å². The molecule has 0 spiro atoms. The van der Waals surface area contributed by atoms with E-state index < -0.39 is 0 Å². The van der Waals surface area contributed by atoms with E-state index in [1.807, 2.05) is 32.0 Å². The molecule has 31 heavy (non-hydrogen) atoms. The smallest absolute Gasteiger partial charge is 0.260 e. The molecule has 7 heteroatoms. The van der Waals surface area contributed by atoms with Crippen molar-refractivity contribution in [3.8, 4) is 22.4 Å². The van der Waals surface area contributed by atoms with E-state index >= 15 is 0 Å². The highest BCUT2D eigenvalue weighted by molar-refractivity contribution is 5.82. The van der Waals surface area contributed by atoms with Gasteiger partial charge in [0.15, 0.2) is 0 Å². The van der Waals surface area contributed by atoms with E-state index in [0.29, 0.717) is 36.5 Å². The number of aromatic nitrogens is 5. The number of hydrogen-bond acceptors (Lipinski definition) is 6. The number of fused-ring (bicyclic) bond motifs is 1.